The largest absolute Gasteiger partial charge is 0.511 e. The number of ether oxygens (including phenoxy) is 13. The Labute approximate surface area is 542 Å². The first-order valence-corrected chi connectivity index (χ1v) is 33.1. The molecule has 0 radical (unpaired) electrons. The highest BCUT2D eigenvalue weighted by Crippen LogP contribution is 2.61. The Balaban J connectivity index is 0.904. The maximum absolute atomic E-state index is 15.6. The number of alkyl carbamates (subject to hydrolysis) is 1. The fourth-order valence-electron chi connectivity index (χ4n) is 16.9. The minimum atomic E-state index is -2.20. The number of nitro groups is 1. The monoisotopic (exact) mass is 1310 g/mol. The van der Waals surface area contributed by atoms with Crippen molar-refractivity contribution in [2.24, 2.45) is 40.9 Å². The molecule has 93 heavy (non-hydrogen) atoms. The Kier molecular flexibility index (Phi) is 21.4. The number of ketones is 1. The third-order valence-corrected chi connectivity index (χ3v) is 21.7. The number of hydrogen-bond acceptors (Lipinski definition) is 24. The highest BCUT2D eigenvalue weighted by Gasteiger charge is 2.65. The lowest BCUT2D eigenvalue weighted by Crippen LogP contribution is -2.65. The van der Waals surface area contributed by atoms with Gasteiger partial charge in [-0.25, -0.2) is 9.59 Å². The summed E-state index contributed by atoms with van der Waals surface area (Å²) in [6, 6.07) is -1.12. The van der Waals surface area contributed by atoms with Crippen molar-refractivity contribution in [3.63, 3.8) is 0 Å². The van der Waals surface area contributed by atoms with Crippen molar-refractivity contribution in [3.8, 4) is 0 Å². The van der Waals surface area contributed by atoms with Crippen LogP contribution in [0.4, 0.5) is 4.79 Å². The zero-order chi connectivity index (χ0) is 67.5. The third-order valence-electron chi connectivity index (χ3n) is 21.7. The van der Waals surface area contributed by atoms with Gasteiger partial charge in [-0.1, -0.05) is 50.6 Å². The lowest BCUT2D eigenvalue weighted by atomic mass is 9.49. The van der Waals surface area contributed by atoms with Gasteiger partial charge in [-0.3, -0.25) is 24.5 Å². The van der Waals surface area contributed by atoms with E-state index in [1.54, 1.807) is 33.8 Å². The van der Waals surface area contributed by atoms with Crippen LogP contribution in [0.1, 0.15) is 147 Å². The maximum Gasteiger partial charge on any atom is 0.407 e. The fraction of sp³-hybridized carbons (Fsp3) is 0.776. The van der Waals surface area contributed by atoms with Crippen LogP contribution in [-0.4, -0.2) is 197 Å². The van der Waals surface area contributed by atoms with Crippen molar-refractivity contribution in [1.82, 2.24) is 5.32 Å². The fourth-order valence-corrected chi connectivity index (χ4v) is 16.9. The van der Waals surface area contributed by atoms with Gasteiger partial charge < -0.3 is 87.3 Å². The molecule has 0 aromatic heterocycles. The molecule has 29 atom stereocenters. The highest BCUT2D eigenvalue weighted by molar-refractivity contribution is 6.26. The summed E-state index contributed by atoms with van der Waals surface area (Å²) in [7, 11) is 1.15. The first-order chi connectivity index (χ1) is 43.9. The summed E-state index contributed by atoms with van der Waals surface area (Å²) in [6.45, 7) is 21.0. The number of carbonyl (C=O) groups is 5. The van der Waals surface area contributed by atoms with Crippen LogP contribution in [0, 0.1) is 51.0 Å². The number of aliphatic hydroxyl groups is 4. The molecular weight excluding hydrogens is 1220 g/mol. The van der Waals surface area contributed by atoms with Crippen LogP contribution in [0.15, 0.2) is 58.4 Å². The molecule has 10 rings (SSSR count). The number of fused-ring (bicyclic) bond motifs is 4. The van der Waals surface area contributed by atoms with Gasteiger partial charge in [0.1, 0.15) is 35.9 Å². The summed E-state index contributed by atoms with van der Waals surface area (Å²) < 4.78 is 81.5. The molecule has 7 fully saturated rings. The van der Waals surface area contributed by atoms with Crippen molar-refractivity contribution in [1.29, 1.82) is 0 Å². The molecule has 26 nitrogen and oxygen atoms in total. The van der Waals surface area contributed by atoms with Crippen molar-refractivity contribution >= 4 is 30.1 Å². The van der Waals surface area contributed by atoms with E-state index in [4.69, 9.17) is 61.6 Å². The van der Waals surface area contributed by atoms with Crippen LogP contribution in [0.5, 0.6) is 0 Å². The SMILES string of the molecule is COC(=O)N[C@H]1[C@@H](C)O[C@@H](O[C@H]2C/C=C(\C)[C@@H]3C=CC4[C@@H](O[C@H]5C[C@@H](O[C@H]6CCC(O[C@H]7C[C@@H](O)C(O[C@H]8CC[C@@H](O)[C@H](C)O8)[C@H](C)O7)[C@H](C)O6)[C@@H](OC(C)=O)[C@H](C)O5)[C@@H](C)C[C@H](C)[C@H]4[C@]3(C)C(O)=C3C(=O)OC4(CC(C=O)=C[C@H](O)[C@H]4/C=C/2C)C3=O)C[C@]1(C)[N+](=O)[O-]. The van der Waals surface area contributed by atoms with Crippen LogP contribution in [0.2, 0.25) is 0 Å². The lowest BCUT2D eigenvalue weighted by Gasteiger charge is -2.56. The predicted octanol–water partition coefficient (Wildman–Crippen LogP) is 6.36. The van der Waals surface area contributed by atoms with Crippen molar-refractivity contribution in [2.75, 3.05) is 7.11 Å². The summed E-state index contributed by atoms with van der Waals surface area (Å²) in [5.74, 6) is -6.46. The summed E-state index contributed by atoms with van der Waals surface area (Å²) in [5, 5.41) is 62.0. The Bertz CT molecular complexity index is 2960. The third kappa shape index (κ3) is 14.0. The van der Waals surface area contributed by atoms with Gasteiger partial charge in [0.2, 0.25) is 11.3 Å². The van der Waals surface area contributed by atoms with Crippen molar-refractivity contribution in [2.45, 2.75) is 281 Å². The number of Topliss-reactive ketones (excluding diaryl/α,β-unsaturated/α-hetero) is 1. The molecule has 4 unspecified atom stereocenters. The predicted molar refractivity (Wildman–Crippen MR) is 325 cm³/mol. The Morgan fingerprint density at radius 1 is 0.720 bits per heavy atom. The number of aliphatic hydroxyl groups excluding tert-OH is 4. The van der Waals surface area contributed by atoms with Gasteiger partial charge in [0.15, 0.2) is 43.2 Å². The number of aldehydes is 1. The zero-order valence-electron chi connectivity index (χ0n) is 55.4. The van der Waals surface area contributed by atoms with Gasteiger partial charge in [0.05, 0.1) is 86.6 Å². The Morgan fingerprint density at radius 2 is 1.35 bits per heavy atom. The molecule has 1 saturated carbocycles. The van der Waals surface area contributed by atoms with E-state index in [1.165, 1.54) is 19.9 Å². The lowest BCUT2D eigenvalue weighted by molar-refractivity contribution is -0.584. The van der Waals surface area contributed by atoms with Crippen LogP contribution >= 0.6 is 0 Å². The average molecular weight is 1310 g/mol. The van der Waals surface area contributed by atoms with E-state index in [-0.39, 0.29) is 43.1 Å². The summed E-state index contributed by atoms with van der Waals surface area (Å²) in [4.78, 5) is 80.4. The second-order valence-corrected chi connectivity index (χ2v) is 28.2. The average Bonchev–Trinajstić information content (AvgIpc) is 1.68. The first-order valence-electron chi connectivity index (χ1n) is 33.1. The van der Waals surface area contributed by atoms with Crippen molar-refractivity contribution in [3.05, 3.63) is 68.5 Å². The summed E-state index contributed by atoms with van der Waals surface area (Å²) in [5.41, 5.74) is -4.91. The van der Waals surface area contributed by atoms with Crippen LogP contribution < -0.4 is 5.32 Å². The highest BCUT2D eigenvalue weighted by atomic mass is 16.8. The molecule has 4 aliphatic carbocycles. The molecule has 0 aromatic carbocycles. The second-order valence-electron chi connectivity index (χ2n) is 28.2. The molecular formula is C67H96N2O24. The minimum absolute atomic E-state index is 0.00196. The van der Waals surface area contributed by atoms with Crippen LogP contribution in [0.3, 0.4) is 0 Å². The Morgan fingerprint density at radius 3 is 2.01 bits per heavy atom. The number of esters is 2. The molecule has 6 aliphatic heterocycles. The standard InChI is InChI=1S/C67H96N2O24/c1-30-14-18-47(88-54-28-65(11,69(79)80)60(38(9)86-54)68-64(78)81-13)31(2)23-43-45(73)24-40(29-70)27-67(43)62(76)55(63(77)93-67)61(75)66(12)42(30)16-15-41-56(66)32(3)22-33(4)57(41)92-53-26-49(59(37(8)85-53)87-39(10)71)90-50-21-19-48(35(6)83-50)89-52-25-46(74)58(36(7)84-52)91-51-20-17-44(72)34(5)82-51/h14-16,23-24,29,32-38,41-54,56-60,72-75H,17-22,25-28H2,1-13H3,(H,68,78)/b30-14+,31-23+,61-55?/t32-,33-,34-,35-,36-,37-,38+,41?,42-,43+,44+,45-,46+,47-,48?,49+,50-,51-,52-,53-,54-,56+,57-,58?,59-,60-,65-,66+,67?/m0/s1. The first kappa shape index (κ1) is 70.7. The van der Waals surface area contributed by atoms with E-state index in [9.17, 15) is 49.7 Å². The number of carbonyl (C=O) groups excluding carboxylic acids is 5. The van der Waals surface area contributed by atoms with Gasteiger partial charge in [0, 0.05) is 68.1 Å². The normalized spacial score (nSPS) is 47.4. The minimum Gasteiger partial charge on any atom is -0.511 e. The van der Waals surface area contributed by atoms with Crippen LogP contribution in [0.25, 0.3) is 0 Å². The number of rotatable bonds is 14. The van der Waals surface area contributed by atoms with Crippen LogP contribution in [-0.2, 0) is 80.8 Å². The topological polar surface area (TPSA) is 341 Å². The quantitative estimate of drug-likeness (QED) is 0.0240. The molecule has 2 bridgehead atoms. The van der Waals surface area contributed by atoms with E-state index in [0.717, 1.165) is 7.11 Å². The number of nitrogens with one attached hydrogen (secondary N) is 1. The van der Waals surface area contributed by atoms with E-state index in [0.29, 0.717) is 49.5 Å². The van der Waals surface area contributed by atoms with Gasteiger partial charge in [0.25, 0.3) is 0 Å². The van der Waals surface area contributed by atoms with Gasteiger partial charge in [-0.2, -0.15) is 0 Å². The second kappa shape index (κ2) is 28.2. The number of nitrogens with zero attached hydrogens (tertiary/aromatic N) is 1. The van der Waals surface area contributed by atoms with E-state index in [2.05, 4.69) is 25.2 Å². The van der Waals surface area contributed by atoms with E-state index < -0.39 is 210 Å². The number of allylic oxidation sites excluding steroid dienone is 3. The Hall–Kier alpha value is -5.07. The molecule has 6 saturated heterocycles. The van der Waals surface area contributed by atoms with Crippen molar-refractivity contribution < 1.29 is 111 Å². The van der Waals surface area contributed by atoms with Gasteiger partial charge in [-0.05, 0) is 109 Å². The molecule has 26 heteroatoms. The molecule has 5 N–H and O–H groups in total. The maximum atomic E-state index is 15.6. The zero-order valence-corrected chi connectivity index (χ0v) is 55.4. The molecule has 6 heterocycles. The van der Waals surface area contributed by atoms with Gasteiger partial charge >= 0.3 is 18.0 Å². The molecule has 1 amide bonds. The number of methoxy groups -OCH3 is 1. The molecule has 518 valence electrons. The molecule has 1 spiro atoms. The molecule has 0 aromatic rings. The number of amides is 1. The number of hydrogen-bond donors (Lipinski definition) is 5. The van der Waals surface area contributed by atoms with E-state index >= 15 is 4.79 Å². The summed E-state index contributed by atoms with van der Waals surface area (Å²) >= 11 is 0. The van der Waals surface area contributed by atoms with Gasteiger partial charge in [-0.15, -0.1) is 0 Å². The summed E-state index contributed by atoms with van der Waals surface area (Å²) in [6.07, 6.45) is -4.21. The van der Waals surface area contributed by atoms with E-state index in [1.807, 2.05) is 39.8 Å². The smallest absolute Gasteiger partial charge is 0.407 e. The molecule has 10 aliphatic rings.